The summed E-state index contributed by atoms with van der Waals surface area (Å²) in [5, 5.41) is 7.82. The van der Waals surface area contributed by atoms with Crippen LogP contribution in [0.1, 0.15) is 53.4 Å². The van der Waals surface area contributed by atoms with Gasteiger partial charge in [-0.15, -0.1) is 0 Å². The van der Waals surface area contributed by atoms with Crippen molar-refractivity contribution < 1.29 is 0 Å². The van der Waals surface area contributed by atoms with Gasteiger partial charge in [-0.2, -0.15) is 4.98 Å². The van der Waals surface area contributed by atoms with Crippen molar-refractivity contribution in [1.29, 1.82) is 0 Å². The molecule has 4 heterocycles. The van der Waals surface area contributed by atoms with Crippen molar-refractivity contribution in [2.75, 3.05) is 36.4 Å². The summed E-state index contributed by atoms with van der Waals surface area (Å²) in [7, 11) is 0. The van der Waals surface area contributed by atoms with Gasteiger partial charge in [0.25, 0.3) is 0 Å². The molecule has 0 saturated carbocycles. The summed E-state index contributed by atoms with van der Waals surface area (Å²) in [6.07, 6.45) is 6.61. The maximum atomic E-state index is 4.73. The maximum Gasteiger partial charge on any atom is 0.224 e. The smallest absolute Gasteiger partial charge is 0.224 e. The Labute approximate surface area is 157 Å². The van der Waals surface area contributed by atoms with Crippen LogP contribution in [0.5, 0.6) is 0 Å². The monoisotopic (exact) mass is 358 g/mol. The highest BCUT2D eigenvalue weighted by Crippen LogP contribution is 2.21. The van der Waals surface area contributed by atoms with Gasteiger partial charge in [0.1, 0.15) is 5.82 Å². The molecule has 2 aromatic rings. The average Bonchev–Trinajstić information content (AvgIpc) is 3.26. The highest BCUT2D eigenvalue weighted by atomic mass is 15.2. The summed E-state index contributed by atoms with van der Waals surface area (Å²) in [5.74, 6) is 1.74. The molecule has 2 aliphatic heterocycles. The van der Waals surface area contributed by atoms with E-state index in [0.717, 1.165) is 55.9 Å². The van der Waals surface area contributed by atoms with Crippen LogP contribution >= 0.6 is 0 Å². The van der Waals surface area contributed by atoms with E-state index >= 15 is 0 Å². The Balaban J connectivity index is 0.000000570. The lowest BCUT2D eigenvalue weighted by atomic mass is 10.1. The molecule has 144 valence electrons. The van der Waals surface area contributed by atoms with Gasteiger partial charge in [0.05, 0.1) is 0 Å². The molecule has 0 bridgehead atoms. The maximum absolute atomic E-state index is 4.73. The lowest BCUT2D eigenvalue weighted by molar-refractivity contribution is 0.477. The van der Waals surface area contributed by atoms with Crippen molar-refractivity contribution in [2.24, 2.45) is 0 Å². The largest absolute Gasteiger partial charge is 0.357 e. The fraction of sp³-hybridized carbons (Fsp3) is 0.650. The van der Waals surface area contributed by atoms with E-state index in [1.165, 1.54) is 12.8 Å². The first kappa shape index (κ1) is 20.4. The highest BCUT2D eigenvalue weighted by Gasteiger charge is 2.16. The third-order valence-electron chi connectivity index (χ3n) is 4.53. The number of aromatic nitrogens is 3. The van der Waals surface area contributed by atoms with Crippen LogP contribution < -0.4 is 15.5 Å². The molecule has 26 heavy (non-hydrogen) atoms. The molecular weight excluding hydrogens is 324 g/mol. The van der Waals surface area contributed by atoms with Crippen LogP contribution in [0.15, 0.2) is 18.3 Å². The van der Waals surface area contributed by atoms with Gasteiger partial charge in [0.15, 0.2) is 5.65 Å². The molecule has 0 aromatic carbocycles. The second-order valence-corrected chi connectivity index (χ2v) is 6.14. The summed E-state index contributed by atoms with van der Waals surface area (Å²) in [4.78, 5) is 16.1. The third kappa shape index (κ3) is 5.27. The van der Waals surface area contributed by atoms with E-state index in [9.17, 15) is 0 Å². The van der Waals surface area contributed by atoms with E-state index in [0.29, 0.717) is 12.0 Å². The standard InChI is InChI=1S/C16H22N6.2C2H6/c1-2-10-22(9-1)14-4-3-12-11-18-16(21-15(12)20-14)19-13-5-7-17-8-6-13;2*1-2/h3-4,11,13,17H,1-2,5-10H2,(H,18,19,20,21);2*1-2H3. The summed E-state index contributed by atoms with van der Waals surface area (Å²) in [5.41, 5.74) is 0.788. The first-order chi connectivity index (χ1) is 12.9. The minimum absolute atomic E-state index is 0.459. The predicted octanol–water partition coefficient (Wildman–Crippen LogP) is 3.84. The number of fused-ring (bicyclic) bond motifs is 1. The van der Waals surface area contributed by atoms with Gasteiger partial charge in [0, 0.05) is 30.7 Å². The summed E-state index contributed by atoms with van der Waals surface area (Å²) >= 11 is 0. The van der Waals surface area contributed by atoms with Crippen molar-refractivity contribution in [3.05, 3.63) is 18.3 Å². The predicted molar refractivity (Wildman–Crippen MR) is 111 cm³/mol. The zero-order valence-corrected chi connectivity index (χ0v) is 16.8. The van der Waals surface area contributed by atoms with E-state index in [2.05, 4.69) is 37.6 Å². The molecule has 2 aliphatic rings. The minimum atomic E-state index is 0.459. The quantitative estimate of drug-likeness (QED) is 0.869. The van der Waals surface area contributed by atoms with E-state index in [1.54, 1.807) is 0 Å². The molecule has 2 fully saturated rings. The zero-order valence-electron chi connectivity index (χ0n) is 16.8. The Kier molecular flexibility index (Phi) is 8.54. The normalized spacial score (nSPS) is 17.2. The fourth-order valence-electron chi connectivity index (χ4n) is 3.24. The van der Waals surface area contributed by atoms with Gasteiger partial charge < -0.3 is 15.5 Å². The Morgan fingerprint density at radius 1 is 1.00 bits per heavy atom. The van der Waals surface area contributed by atoms with Crippen LogP contribution in [-0.4, -0.2) is 47.2 Å². The topological polar surface area (TPSA) is 66.0 Å². The number of nitrogens with one attached hydrogen (secondary N) is 2. The molecule has 2 aromatic heterocycles. The van der Waals surface area contributed by atoms with E-state index < -0.39 is 0 Å². The van der Waals surface area contributed by atoms with Crippen LogP contribution in [-0.2, 0) is 0 Å². The molecular formula is C20H34N6. The van der Waals surface area contributed by atoms with E-state index in [1.807, 2.05) is 33.9 Å². The fourth-order valence-corrected chi connectivity index (χ4v) is 3.24. The van der Waals surface area contributed by atoms with Crippen molar-refractivity contribution in [1.82, 2.24) is 20.3 Å². The number of piperidine rings is 1. The van der Waals surface area contributed by atoms with Crippen LogP contribution in [0.25, 0.3) is 11.0 Å². The zero-order chi connectivity index (χ0) is 18.8. The Morgan fingerprint density at radius 3 is 2.38 bits per heavy atom. The summed E-state index contributed by atoms with van der Waals surface area (Å²) in [6, 6.07) is 4.61. The molecule has 0 spiro atoms. The Morgan fingerprint density at radius 2 is 1.69 bits per heavy atom. The van der Waals surface area contributed by atoms with Gasteiger partial charge in [-0.1, -0.05) is 27.7 Å². The average molecular weight is 359 g/mol. The first-order valence-electron chi connectivity index (χ1n) is 10.2. The number of rotatable bonds is 3. The van der Waals surface area contributed by atoms with Crippen molar-refractivity contribution in [2.45, 2.75) is 59.4 Å². The van der Waals surface area contributed by atoms with E-state index in [-0.39, 0.29) is 0 Å². The van der Waals surface area contributed by atoms with Crippen LogP contribution in [0.4, 0.5) is 11.8 Å². The lowest BCUT2D eigenvalue weighted by Gasteiger charge is -2.23. The van der Waals surface area contributed by atoms with E-state index in [4.69, 9.17) is 4.98 Å². The summed E-state index contributed by atoms with van der Waals surface area (Å²) < 4.78 is 0. The molecule has 0 radical (unpaired) electrons. The Hall–Kier alpha value is -1.95. The van der Waals surface area contributed by atoms with Crippen molar-refractivity contribution >= 4 is 22.8 Å². The second kappa shape index (κ2) is 10.9. The Bertz CT molecular complexity index is 648. The van der Waals surface area contributed by atoms with Gasteiger partial charge in [-0.3, -0.25) is 0 Å². The van der Waals surface area contributed by atoms with Crippen molar-refractivity contribution in [3.63, 3.8) is 0 Å². The molecule has 4 rings (SSSR count). The molecule has 6 nitrogen and oxygen atoms in total. The number of anilines is 2. The molecule has 2 N–H and O–H groups in total. The van der Waals surface area contributed by atoms with Gasteiger partial charge in [-0.25, -0.2) is 9.97 Å². The molecule has 0 unspecified atom stereocenters. The lowest BCUT2D eigenvalue weighted by Crippen LogP contribution is -2.35. The number of hydrogen-bond donors (Lipinski definition) is 2. The molecule has 0 atom stereocenters. The van der Waals surface area contributed by atoms with Crippen LogP contribution in [0, 0.1) is 0 Å². The molecule has 6 heteroatoms. The molecule has 0 amide bonds. The minimum Gasteiger partial charge on any atom is -0.357 e. The number of nitrogens with zero attached hydrogens (tertiary/aromatic N) is 4. The summed E-state index contributed by atoms with van der Waals surface area (Å²) in [6.45, 7) is 12.3. The SMILES string of the molecule is CC.CC.c1cc2cnc(NC3CCNCC3)nc2nc1N1CCCC1. The van der Waals surface area contributed by atoms with Gasteiger partial charge >= 0.3 is 0 Å². The van der Waals surface area contributed by atoms with Crippen LogP contribution in [0.2, 0.25) is 0 Å². The van der Waals surface area contributed by atoms with Gasteiger partial charge in [-0.05, 0) is 50.9 Å². The number of pyridine rings is 1. The first-order valence-corrected chi connectivity index (χ1v) is 10.2. The molecule has 0 aliphatic carbocycles. The van der Waals surface area contributed by atoms with Crippen LogP contribution in [0.3, 0.4) is 0 Å². The van der Waals surface area contributed by atoms with Gasteiger partial charge in [0.2, 0.25) is 5.95 Å². The third-order valence-corrected chi connectivity index (χ3v) is 4.53. The molecule has 2 saturated heterocycles. The number of hydrogen-bond acceptors (Lipinski definition) is 6. The second-order valence-electron chi connectivity index (χ2n) is 6.14. The highest BCUT2D eigenvalue weighted by molar-refractivity contribution is 5.76. The van der Waals surface area contributed by atoms with Crippen molar-refractivity contribution in [3.8, 4) is 0 Å².